The maximum Gasteiger partial charge on any atom is 0.246 e. The fourth-order valence-corrected chi connectivity index (χ4v) is 4.57. The molecule has 9 heteroatoms. The van der Waals surface area contributed by atoms with Crippen LogP contribution in [0.1, 0.15) is 18.9 Å². The van der Waals surface area contributed by atoms with Crippen LogP contribution in [0.25, 0.3) is 0 Å². The molecule has 29 heavy (non-hydrogen) atoms. The van der Waals surface area contributed by atoms with Crippen LogP contribution in [0.5, 0.6) is 0 Å². The third-order valence-electron chi connectivity index (χ3n) is 5.92. The molecule has 0 aliphatic carbocycles. The molecular weight excluding hydrogens is 392 g/mol. The highest BCUT2D eigenvalue weighted by atomic mass is 35.5. The maximum atomic E-state index is 6.05. The van der Waals surface area contributed by atoms with Gasteiger partial charge in [0.1, 0.15) is 0 Å². The number of nitrogen functional groups attached to an aromatic ring is 1. The number of hydrogen-bond donors (Lipinski definition) is 2. The highest BCUT2D eigenvalue weighted by molar-refractivity contribution is 6.30. The number of nitrogens with two attached hydrogens (primary N) is 1. The van der Waals surface area contributed by atoms with Gasteiger partial charge in [-0.25, -0.2) is 5.10 Å². The first-order valence-corrected chi connectivity index (χ1v) is 10.5. The Morgan fingerprint density at radius 2 is 2.10 bits per heavy atom. The second kappa shape index (κ2) is 8.87. The molecule has 158 valence electrons. The van der Waals surface area contributed by atoms with E-state index in [4.69, 9.17) is 26.8 Å². The van der Waals surface area contributed by atoms with E-state index in [1.54, 1.807) is 7.11 Å². The van der Waals surface area contributed by atoms with Gasteiger partial charge in [-0.2, -0.15) is 4.98 Å². The highest BCUT2D eigenvalue weighted by Crippen LogP contribution is 2.28. The van der Waals surface area contributed by atoms with Crippen molar-refractivity contribution in [1.29, 1.82) is 0 Å². The van der Waals surface area contributed by atoms with Crippen molar-refractivity contribution in [2.75, 3.05) is 44.0 Å². The van der Waals surface area contributed by atoms with E-state index in [2.05, 4.69) is 44.0 Å². The van der Waals surface area contributed by atoms with Gasteiger partial charge >= 0.3 is 0 Å². The average Bonchev–Trinajstić information content (AvgIpc) is 3.17. The van der Waals surface area contributed by atoms with Gasteiger partial charge in [-0.3, -0.25) is 4.90 Å². The smallest absolute Gasteiger partial charge is 0.246 e. The zero-order valence-electron chi connectivity index (χ0n) is 16.9. The predicted molar refractivity (Wildman–Crippen MR) is 113 cm³/mol. The molecule has 2 fully saturated rings. The molecule has 2 aliphatic rings. The summed E-state index contributed by atoms with van der Waals surface area (Å²) < 4.78 is 11.9. The van der Waals surface area contributed by atoms with E-state index in [1.165, 1.54) is 5.56 Å². The summed E-state index contributed by atoms with van der Waals surface area (Å²) in [6.07, 6.45) is 2.16. The fourth-order valence-electron chi connectivity index (χ4n) is 4.45. The number of anilines is 2. The van der Waals surface area contributed by atoms with Crippen molar-refractivity contribution in [1.82, 2.24) is 20.1 Å². The number of aromatic amines is 1. The monoisotopic (exact) mass is 420 g/mol. The normalized spacial score (nSPS) is 28.6. The first-order chi connectivity index (χ1) is 14.0. The van der Waals surface area contributed by atoms with Crippen LogP contribution in [0.2, 0.25) is 5.02 Å². The lowest BCUT2D eigenvalue weighted by Gasteiger charge is -2.48. The van der Waals surface area contributed by atoms with Gasteiger partial charge < -0.3 is 20.1 Å². The Balaban J connectivity index is 1.49. The molecule has 3 unspecified atom stereocenters. The van der Waals surface area contributed by atoms with Crippen LogP contribution in [0.4, 0.5) is 11.9 Å². The zero-order chi connectivity index (χ0) is 20.4. The van der Waals surface area contributed by atoms with Crippen LogP contribution < -0.4 is 10.6 Å². The minimum Gasteiger partial charge on any atom is -0.378 e. The molecule has 4 atom stereocenters. The second-order valence-corrected chi connectivity index (χ2v) is 8.36. The summed E-state index contributed by atoms with van der Waals surface area (Å²) in [5.74, 6) is 0.970. The van der Waals surface area contributed by atoms with Crippen molar-refractivity contribution < 1.29 is 9.47 Å². The molecule has 0 spiro atoms. The van der Waals surface area contributed by atoms with Crippen LogP contribution in [0.15, 0.2) is 24.3 Å². The van der Waals surface area contributed by atoms with Crippen LogP contribution in [0, 0.1) is 0 Å². The first-order valence-electron chi connectivity index (χ1n) is 10.1. The Bertz CT molecular complexity index is 801. The second-order valence-electron chi connectivity index (χ2n) is 7.92. The summed E-state index contributed by atoms with van der Waals surface area (Å²) >= 11 is 6.05. The van der Waals surface area contributed by atoms with E-state index < -0.39 is 0 Å². The Hall–Kier alpha value is -1.87. The van der Waals surface area contributed by atoms with Gasteiger partial charge in [0.05, 0.1) is 18.8 Å². The van der Waals surface area contributed by atoms with E-state index in [0.717, 1.165) is 44.1 Å². The van der Waals surface area contributed by atoms with E-state index in [1.807, 2.05) is 12.1 Å². The largest absolute Gasteiger partial charge is 0.378 e. The molecule has 3 heterocycles. The van der Waals surface area contributed by atoms with Crippen molar-refractivity contribution in [2.24, 2.45) is 0 Å². The standard InChI is InChI=1S/C20H29ClN6O2/c1-13-10-27(16(12-29-13)9-14-3-5-15(21)6-4-14)17-7-8-26(11-18(17)28-2)20-23-19(22)24-25-20/h3-6,13,16-18H,7-12H2,1-2H3,(H3,22,23,24,25)/t13?,16?,17-,18?/m0/s1. The van der Waals surface area contributed by atoms with Crippen LogP contribution in [-0.4, -0.2) is 77.7 Å². The van der Waals surface area contributed by atoms with Gasteiger partial charge in [0, 0.05) is 43.9 Å². The number of benzene rings is 1. The lowest BCUT2D eigenvalue weighted by molar-refractivity contribution is -0.101. The molecule has 4 rings (SSSR count). The number of morpholine rings is 1. The number of rotatable bonds is 5. The number of ether oxygens (including phenoxy) is 2. The number of nitrogens with one attached hydrogen (secondary N) is 1. The Kier molecular flexibility index (Phi) is 6.24. The number of H-pyrrole nitrogens is 1. The highest BCUT2D eigenvalue weighted by Gasteiger charge is 2.40. The minimum atomic E-state index is 0.0569. The summed E-state index contributed by atoms with van der Waals surface area (Å²) in [6.45, 7) is 5.35. The molecule has 2 aromatic rings. The molecule has 0 amide bonds. The van der Waals surface area contributed by atoms with Gasteiger partial charge in [-0.05, 0) is 37.5 Å². The van der Waals surface area contributed by atoms with Gasteiger partial charge in [0.2, 0.25) is 11.9 Å². The number of piperidine rings is 1. The van der Waals surface area contributed by atoms with Crippen molar-refractivity contribution in [3.63, 3.8) is 0 Å². The SMILES string of the molecule is COC1CN(c2n[nH]c(N)n2)CC[C@@H]1N1CC(C)OCC1Cc1ccc(Cl)cc1. The molecule has 8 nitrogen and oxygen atoms in total. The number of halogens is 1. The summed E-state index contributed by atoms with van der Waals surface area (Å²) in [6, 6.07) is 8.72. The Labute approximate surface area is 176 Å². The average molecular weight is 421 g/mol. The van der Waals surface area contributed by atoms with Gasteiger partial charge in [0.25, 0.3) is 0 Å². The van der Waals surface area contributed by atoms with E-state index in [-0.39, 0.29) is 12.2 Å². The number of hydrogen-bond acceptors (Lipinski definition) is 7. The van der Waals surface area contributed by atoms with Crippen molar-refractivity contribution in [2.45, 2.75) is 44.1 Å². The predicted octanol–water partition coefficient (Wildman–Crippen LogP) is 1.97. The molecule has 1 aromatic carbocycles. The first kappa shape index (κ1) is 20.4. The number of nitrogens with zero attached hydrogens (tertiary/aromatic N) is 4. The van der Waals surface area contributed by atoms with Crippen LogP contribution in [-0.2, 0) is 15.9 Å². The third-order valence-corrected chi connectivity index (χ3v) is 6.17. The van der Waals surface area contributed by atoms with E-state index in [9.17, 15) is 0 Å². The molecule has 1 aromatic heterocycles. The van der Waals surface area contributed by atoms with E-state index >= 15 is 0 Å². The minimum absolute atomic E-state index is 0.0569. The van der Waals surface area contributed by atoms with Crippen molar-refractivity contribution >= 4 is 23.5 Å². The zero-order valence-corrected chi connectivity index (χ0v) is 17.7. The van der Waals surface area contributed by atoms with Gasteiger partial charge in [-0.1, -0.05) is 23.7 Å². The fraction of sp³-hybridized carbons (Fsp3) is 0.600. The number of aromatic nitrogens is 3. The molecule has 0 radical (unpaired) electrons. The molecule has 3 N–H and O–H groups in total. The topological polar surface area (TPSA) is 92.5 Å². The lowest BCUT2D eigenvalue weighted by Crippen LogP contribution is -2.62. The Morgan fingerprint density at radius 1 is 1.31 bits per heavy atom. The summed E-state index contributed by atoms with van der Waals surface area (Å²) in [7, 11) is 1.78. The summed E-state index contributed by atoms with van der Waals surface area (Å²) in [5.41, 5.74) is 6.96. The third kappa shape index (κ3) is 4.66. The van der Waals surface area contributed by atoms with Crippen molar-refractivity contribution in [3.8, 4) is 0 Å². The Morgan fingerprint density at radius 3 is 2.79 bits per heavy atom. The lowest BCUT2D eigenvalue weighted by atomic mass is 9.94. The summed E-state index contributed by atoms with van der Waals surface area (Å²) in [5, 5.41) is 7.68. The molecule has 2 saturated heterocycles. The van der Waals surface area contributed by atoms with Crippen LogP contribution in [0.3, 0.4) is 0 Å². The molecule has 2 aliphatic heterocycles. The quantitative estimate of drug-likeness (QED) is 0.763. The maximum absolute atomic E-state index is 6.05. The van der Waals surface area contributed by atoms with Gasteiger partial charge in [0.15, 0.2) is 0 Å². The number of methoxy groups -OCH3 is 1. The van der Waals surface area contributed by atoms with Crippen LogP contribution >= 0.6 is 11.6 Å². The molecule has 0 bridgehead atoms. The molecular formula is C20H29ClN6O2. The van der Waals surface area contributed by atoms with Gasteiger partial charge in [-0.15, -0.1) is 5.10 Å². The summed E-state index contributed by atoms with van der Waals surface area (Å²) in [4.78, 5) is 8.99. The van der Waals surface area contributed by atoms with E-state index in [0.29, 0.717) is 24.0 Å². The van der Waals surface area contributed by atoms with Crippen molar-refractivity contribution in [3.05, 3.63) is 34.9 Å². The molecule has 0 saturated carbocycles.